The quantitative estimate of drug-likeness (QED) is 0.0140. The van der Waals surface area contributed by atoms with E-state index in [1.54, 1.807) is 6.08 Å². The lowest BCUT2D eigenvalue weighted by atomic mass is 9.94. The van der Waals surface area contributed by atoms with Crippen LogP contribution in [-0.4, -0.2) is 201 Å². The van der Waals surface area contributed by atoms with Gasteiger partial charge in [-0.3, -0.25) is 23.4 Å². The van der Waals surface area contributed by atoms with Crippen molar-refractivity contribution in [1.82, 2.24) is 10.6 Å². The molecule has 3 amide bonds. The zero-order valence-corrected chi connectivity index (χ0v) is 39.4. The third-order valence-corrected chi connectivity index (χ3v) is 11.8. The van der Waals surface area contributed by atoms with Crippen molar-refractivity contribution in [3.05, 3.63) is 45.4 Å². The molecular weight excluding hydrogens is 947 g/mol. The Kier molecular flexibility index (Phi) is 24.2. The Hall–Kier alpha value is -4.00. The van der Waals surface area contributed by atoms with Gasteiger partial charge in [0.2, 0.25) is 17.7 Å². The maximum absolute atomic E-state index is 13.4. The molecule has 29 heteroatoms. The summed E-state index contributed by atoms with van der Waals surface area (Å²) < 4.78 is 57.1. The van der Waals surface area contributed by atoms with Gasteiger partial charge in [-0.2, -0.15) is 0 Å². The van der Waals surface area contributed by atoms with Crippen LogP contribution in [0.3, 0.4) is 0 Å². The van der Waals surface area contributed by atoms with Gasteiger partial charge in [0.1, 0.15) is 73.6 Å². The maximum Gasteiger partial charge on any atom is 0.474 e. The lowest BCUT2D eigenvalue weighted by molar-refractivity contribution is -0.358. The number of nitrogens with two attached hydrogens (primary N) is 1. The van der Waals surface area contributed by atoms with E-state index in [2.05, 4.69) is 32.8 Å². The van der Waals surface area contributed by atoms with Gasteiger partial charge < -0.3 is 90.5 Å². The molecule has 0 aliphatic carbocycles. The van der Waals surface area contributed by atoms with E-state index in [9.17, 15) is 69.5 Å². The van der Waals surface area contributed by atoms with Crippen molar-refractivity contribution in [3.8, 4) is 0 Å². The van der Waals surface area contributed by atoms with Crippen molar-refractivity contribution in [2.75, 3.05) is 33.0 Å². The van der Waals surface area contributed by atoms with Crippen molar-refractivity contribution in [3.63, 3.8) is 0 Å². The number of carboxylic acid groups (broad SMARTS) is 1. The molecule has 1 unspecified atom stereocenters. The van der Waals surface area contributed by atoms with Gasteiger partial charge in [-0.1, -0.05) is 40.1 Å². The Bertz CT molecular complexity index is 1920. The minimum atomic E-state index is -5.54. The molecule has 3 fully saturated rings. The Labute approximate surface area is 396 Å². The second-order valence-electron chi connectivity index (χ2n) is 16.6. The van der Waals surface area contributed by atoms with Crippen LogP contribution in [-0.2, 0) is 61.2 Å². The monoisotopic (exact) mass is 1010 g/mol. The van der Waals surface area contributed by atoms with Gasteiger partial charge >= 0.3 is 13.8 Å². The number of aliphatic carboxylic acids is 1. The molecule has 13 N–H and O–H groups in total. The number of carbonyl (C=O) groups is 4. The molecule has 392 valence electrons. The number of phosphoric ester groups is 1. The molecule has 0 bridgehead atoms. The summed E-state index contributed by atoms with van der Waals surface area (Å²) in [4.78, 5) is 62.4. The van der Waals surface area contributed by atoms with E-state index >= 15 is 0 Å². The number of ether oxygens (including phenoxy) is 6. The Balaban J connectivity index is 1.82. The fourth-order valence-electron chi connectivity index (χ4n) is 7.19. The number of hydrogen-bond donors (Lipinski definition) is 12. The second kappa shape index (κ2) is 28.1. The van der Waals surface area contributed by atoms with E-state index < -0.39 is 156 Å². The molecule has 0 spiro atoms. The van der Waals surface area contributed by atoms with Crippen LogP contribution in [0.4, 0.5) is 0 Å². The average molecular weight is 1010 g/mol. The first-order chi connectivity index (χ1) is 32.4. The first kappa shape index (κ1) is 59.3. The molecule has 3 saturated heterocycles. The van der Waals surface area contributed by atoms with Crippen LogP contribution < -0.4 is 16.4 Å². The summed E-state index contributed by atoms with van der Waals surface area (Å²) in [5.41, 5.74) is 17.3. The maximum atomic E-state index is 13.4. The Morgan fingerprint density at radius 3 is 1.93 bits per heavy atom. The normalized spacial score (nSPS) is 33.3. The molecular formula is C40H65N6O22P. The molecule has 0 aromatic heterocycles. The smallest absolute Gasteiger partial charge is 0.474 e. The molecule has 0 radical (unpaired) electrons. The molecule has 3 aliphatic heterocycles. The summed E-state index contributed by atoms with van der Waals surface area (Å²) >= 11 is 0. The fourth-order valence-corrected chi connectivity index (χ4v) is 8.01. The molecule has 28 nitrogen and oxygen atoms in total. The van der Waals surface area contributed by atoms with Crippen LogP contribution in [0.25, 0.3) is 10.4 Å². The van der Waals surface area contributed by atoms with Gasteiger partial charge in [0, 0.05) is 11.8 Å². The molecule has 3 rings (SSSR count). The highest BCUT2D eigenvalue weighted by Gasteiger charge is 2.56. The minimum Gasteiger partial charge on any atom is -0.479 e. The highest BCUT2D eigenvalue weighted by Crippen LogP contribution is 2.47. The fraction of sp³-hybridized carbons (Fsp3) is 0.750. The van der Waals surface area contributed by atoms with Gasteiger partial charge in [0.05, 0.1) is 26.4 Å². The van der Waals surface area contributed by atoms with Crippen LogP contribution in [0.15, 0.2) is 40.1 Å². The van der Waals surface area contributed by atoms with E-state index in [-0.39, 0.29) is 6.61 Å². The first-order valence-electron chi connectivity index (χ1n) is 21.7. The molecule has 17 atom stereocenters. The summed E-state index contributed by atoms with van der Waals surface area (Å²) in [5.74, 6) is -4.88. The number of hydrogen-bond acceptors (Lipinski definition) is 21. The van der Waals surface area contributed by atoms with E-state index in [4.69, 9.17) is 48.7 Å². The van der Waals surface area contributed by atoms with Crippen LogP contribution in [0, 0.1) is 0 Å². The van der Waals surface area contributed by atoms with Crippen molar-refractivity contribution in [2.24, 2.45) is 10.8 Å². The number of carboxylic acids is 1. The lowest BCUT2D eigenvalue weighted by Gasteiger charge is -2.49. The molecule has 3 heterocycles. The van der Waals surface area contributed by atoms with E-state index in [0.717, 1.165) is 31.8 Å². The average Bonchev–Trinajstić information content (AvgIpc) is 3.27. The SMILES string of the molecule is CC(=O)N[C@H]1[C@H](O[C@H]2[C@@H](OP(=O)(O)OC[C@@H](OC/C=C(/C)CC/C=C(\C)CCC=C(C)C)C(=O)O)O[C@H](C(N)=O)[C@H](O)[C@@H]2O)O[C@H](CO)[C@@H](O[C@@H]2O[C@H](CO)[C@H](O)[C@H](O)[C@H]2NC(=O)CN=[N+]=[N-])[C@@H]1O. The first-order valence-corrected chi connectivity index (χ1v) is 23.1. The molecule has 0 saturated carbocycles. The number of phosphoric acid groups is 1. The number of nitrogens with one attached hydrogen (secondary N) is 2. The third-order valence-electron chi connectivity index (χ3n) is 10.9. The Morgan fingerprint density at radius 1 is 0.783 bits per heavy atom. The van der Waals surface area contributed by atoms with Crippen LogP contribution in [0.5, 0.6) is 0 Å². The number of primary amides is 1. The van der Waals surface area contributed by atoms with Gasteiger partial charge in [-0.25, -0.2) is 9.36 Å². The van der Waals surface area contributed by atoms with Crippen molar-refractivity contribution in [1.29, 1.82) is 0 Å². The Morgan fingerprint density at radius 2 is 1.36 bits per heavy atom. The highest BCUT2D eigenvalue weighted by molar-refractivity contribution is 7.47. The summed E-state index contributed by atoms with van der Waals surface area (Å²) in [5, 5.41) is 92.7. The van der Waals surface area contributed by atoms with Gasteiger partial charge in [0.15, 0.2) is 31.1 Å². The molecule has 0 aromatic rings. The lowest BCUT2D eigenvalue weighted by Crippen LogP contribution is -2.70. The van der Waals surface area contributed by atoms with Gasteiger partial charge in [0.25, 0.3) is 0 Å². The van der Waals surface area contributed by atoms with Crippen LogP contribution in [0.2, 0.25) is 0 Å². The largest absolute Gasteiger partial charge is 0.479 e. The number of allylic oxidation sites excluding steroid dienone is 5. The van der Waals surface area contributed by atoms with Gasteiger partial charge in [-0.05, 0) is 58.9 Å². The summed E-state index contributed by atoms with van der Waals surface area (Å²) in [6.45, 7) is 4.78. The van der Waals surface area contributed by atoms with Crippen LogP contribution >= 0.6 is 7.82 Å². The number of rotatable bonds is 26. The van der Waals surface area contributed by atoms with Crippen LogP contribution in [0.1, 0.15) is 60.3 Å². The van der Waals surface area contributed by atoms with E-state index in [1.807, 2.05) is 27.7 Å². The zero-order valence-electron chi connectivity index (χ0n) is 38.5. The highest BCUT2D eigenvalue weighted by atomic mass is 31.2. The standard InChI is InChI=1S/C40H65N6O22P/c1-18(2)8-6-9-19(3)10-7-11-20(4)12-13-61-24(37(57)58)17-62-69(59,60)68-40-35(32(55)31(54)34(66-40)36(41)56)67-39-27(44-21(5)49)30(53)33(23(16-48)64-39)65-38-26(45-25(50)14-43-46-42)29(52)28(51)22(15-47)63-38/h8,10,12,22-24,26-35,38-40,47-48,51-55H,6-7,9,11,13-17H2,1-5H3,(H2,41,56)(H,44,49)(H,45,50)(H,57,58)(H,59,60)/b19-10+,20-12-/t22-,23-,24-,26-,27-,28+,29-,30-,31-,32+,33-,34+,35-,38+,39+,40-/m1/s1. The number of nitrogens with zero attached hydrogens (tertiary/aromatic N) is 3. The molecule has 3 aliphatic rings. The van der Waals surface area contributed by atoms with Crippen molar-refractivity contribution >= 4 is 31.5 Å². The van der Waals surface area contributed by atoms with E-state index in [1.165, 1.54) is 11.1 Å². The predicted molar refractivity (Wildman–Crippen MR) is 232 cm³/mol. The number of azide groups is 1. The summed E-state index contributed by atoms with van der Waals surface area (Å²) in [7, 11) is -5.54. The zero-order chi connectivity index (χ0) is 51.7. The number of amides is 3. The molecule has 0 aromatic carbocycles. The number of aliphatic hydroxyl groups is 7. The third kappa shape index (κ3) is 18.0. The van der Waals surface area contributed by atoms with Crippen molar-refractivity contribution < 1.29 is 107 Å². The summed E-state index contributed by atoms with van der Waals surface area (Å²) in [6.07, 6.45) is -19.1. The summed E-state index contributed by atoms with van der Waals surface area (Å²) in [6, 6.07) is -3.54. The van der Waals surface area contributed by atoms with Crippen molar-refractivity contribution in [2.45, 2.75) is 158 Å². The van der Waals surface area contributed by atoms with Gasteiger partial charge in [-0.15, -0.1) is 0 Å². The second-order valence-corrected chi connectivity index (χ2v) is 18.0. The van der Waals surface area contributed by atoms with E-state index in [0.29, 0.717) is 6.42 Å². The predicted octanol–water partition coefficient (Wildman–Crippen LogP) is -2.47. The minimum absolute atomic E-state index is 0.237. The topological polar surface area (TPSA) is 440 Å². The number of carbonyl (C=O) groups excluding carboxylic acids is 3. The molecule has 69 heavy (non-hydrogen) atoms. The number of aliphatic hydroxyl groups excluding tert-OH is 7.